The molecule has 0 atom stereocenters. The monoisotopic (exact) mass is 342 g/mol. The first kappa shape index (κ1) is 18.6. The van der Waals surface area contributed by atoms with Gasteiger partial charge in [0, 0.05) is 31.3 Å². The van der Waals surface area contributed by atoms with Crippen molar-refractivity contribution in [1.29, 1.82) is 0 Å². The molecule has 2 N–H and O–H groups in total. The number of methoxy groups -OCH3 is 2. The molecule has 0 spiro atoms. The highest BCUT2D eigenvalue weighted by atomic mass is 16.5. The predicted molar refractivity (Wildman–Crippen MR) is 100 cm³/mol. The summed E-state index contributed by atoms with van der Waals surface area (Å²) in [6.07, 6.45) is 2.35. The van der Waals surface area contributed by atoms with Gasteiger partial charge in [0.2, 0.25) is 5.91 Å². The molecule has 0 fully saturated rings. The average molecular weight is 342 g/mol. The van der Waals surface area contributed by atoms with Crippen LogP contribution in [-0.2, 0) is 11.2 Å². The van der Waals surface area contributed by atoms with Gasteiger partial charge in [-0.05, 0) is 30.5 Å². The molecular weight excluding hydrogens is 316 g/mol. The molecule has 0 aromatic heterocycles. The van der Waals surface area contributed by atoms with Gasteiger partial charge >= 0.3 is 0 Å². The van der Waals surface area contributed by atoms with Gasteiger partial charge in [-0.25, -0.2) is 0 Å². The van der Waals surface area contributed by atoms with Crippen LogP contribution in [0.5, 0.6) is 11.5 Å². The quantitative estimate of drug-likeness (QED) is 0.651. The highest BCUT2D eigenvalue weighted by Gasteiger charge is 2.05. The Kier molecular flexibility index (Phi) is 7.63. The maximum Gasteiger partial charge on any atom is 0.221 e. The second kappa shape index (κ2) is 10.2. The molecule has 0 aliphatic rings. The molecule has 134 valence electrons. The fourth-order valence-corrected chi connectivity index (χ4v) is 2.52. The molecule has 2 rings (SSSR count). The fourth-order valence-electron chi connectivity index (χ4n) is 2.52. The van der Waals surface area contributed by atoms with E-state index in [9.17, 15) is 4.79 Å². The molecule has 1 amide bonds. The van der Waals surface area contributed by atoms with Crippen LogP contribution >= 0.6 is 0 Å². The number of amides is 1. The van der Waals surface area contributed by atoms with E-state index >= 15 is 0 Å². The van der Waals surface area contributed by atoms with E-state index in [1.807, 2.05) is 36.4 Å². The Balaban J connectivity index is 1.63. The molecule has 25 heavy (non-hydrogen) atoms. The summed E-state index contributed by atoms with van der Waals surface area (Å²) >= 11 is 0. The van der Waals surface area contributed by atoms with E-state index in [1.54, 1.807) is 14.2 Å². The average Bonchev–Trinajstić information content (AvgIpc) is 2.66. The molecule has 0 bridgehead atoms. The van der Waals surface area contributed by atoms with Crippen molar-refractivity contribution in [2.24, 2.45) is 0 Å². The number of benzene rings is 2. The summed E-state index contributed by atoms with van der Waals surface area (Å²) in [7, 11) is 3.21. The number of carbonyl (C=O) groups excluding carboxylic acids is 1. The summed E-state index contributed by atoms with van der Waals surface area (Å²) in [5, 5.41) is 6.18. The lowest BCUT2D eigenvalue weighted by atomic mass is 10.1. The Morgan fingerprint density at radius 3 is 2.44 bits per heavy atom. The minimum Gasteiger partial charge on any atom is -0.493 e. The van der Waals surface area contributed by atoms with Crippen LogP contribution in [0.25, 0.3) is 0 Å². The Morgan fingerprint density at radius 1 is 0.960 bits per heavy atom. The third-order valence-corrected chi connectivity index (χ3v) is 3.87. The smallest absolute Gasteiger partial charge is 0.221 e. The first-order chi connectivity index (χ1) is 12.2. The highest BCUT2D eigenvalue weighted by molar-refractivity contribution is 5.76. The van der Waals surface area contributed by atoms with Crippen molar-refractivity contribution in [3.63, 3.8) is 0 Å². The van der Waals surface area contributed by atoms with Crippen molar-refractivity contribution in [3.05, 3.63) is 54.1 Å². The van der Waals surface area contributed by atoms with Gasteiger partial charge in [-0.3, -0.25) is 4.79 Å². The number of carbonyl (C=O) groups is 1. The summed E-state index contributed by atoms with van der Waals surface area (Å²) < 4.78 is 10.5. The molecule has 2 aromatic carbocycles. The summed E-state index contributed by atoms with van der Waals surface area (Å²) in [6, 6.07) is 15.9. The van der Waals surface area contributed by atoms with E-state index in [-0.39, 0.29) is 5.91 Å². The van der Waals surface area contributed by atoms with Gasteiger partial charge < -0.3 is 20.1 Å². The Bertz CT molecular complexity index is 659. The van der Waals surface area contributed by atoms with Gasteiger partial charge in [-0.1, -0.05) is 30.3 Å². The zero-order valence-corrected chi connectivity index (χ0v) is 14.9. The zero-order valence-electron chi connectivity index (χ0n) is 14.9. The van der Waals surface area contributed by atoms with Crippen molar-refractivity contribution in [1.82, 2.24) is 5.32 Å². The SMILES string of the molecule is COc1ccc(NCCC(=O)NCCCc2ccccc2)cc1OC. The van der Waals surface area contributed by atoms with E-state index in [4.69, 9.17) is 9.47 Å². The number of nitrogens with one attached hydrogen (secondary N) is 2. The molecule has 2 aromatic rings. The van der Waals surface area contributed by atoms with Gasteiger partial charge in [0.05, 0.1) is 14.2 Å². The van der Waals surface area contributed by atoms with Crippen molar-refractivity contribution >= 4 is 11.6 Å². The maximum atomic E-state index is 11.9. The molecular formula is C20H26N2O3. The zero-order chi connectivity index (χ0) is 17.9. The lowest BCUT2D eigenvalue weighted by Gasteiger charge is -2.11. The van der Waals surface area contributed by atoms with Crippen molar-refractivity contribution in [3.8, 4) is 11.5 Å². The van der Waals surface area contributed by atoms with Crippen molar-refractivity contribution < 1.29 is 14.3 Å². The lowest BCUT2D eigenvalue weighted by Crippen LogP contribution is -2.26. The maximum absolute atomic E-state index is 11.9. The number of ether oxygens (including phenoxy) is 2. The van der Waals surface area contributed by atoms with Gasteiger partial charge in [-0.15, -0.1) is 0 Å². The molecule has 0 aliphatic heterocycles. The van der Waals surface area contributed by atoms with E-state index in [1.165, 1.54) is 5.56 Å². The van der Waals surface area contributed by atoms with E-state index in [0.717, 1.165) is 18.5 Å². The molecule has 0 aliphatic carbocycles. The van der Waals surface area contributed by atoms with Crippen molar-refractivity contribution in [2.45, 2.75) is 19.3 Å². The lowest BCUT2D eigenvalue weighted by molar-refractivity contribution is -0.120. The third kappa shape index (κ3) is 6.37. The van der Waals surface area contributed by atoms with Crippen LogP contribution in [-0.4, -0.2) is 33.2 Å². The fraction of sp³-hybridized carbons (Fsp3) is 0.350. The number of rotatable bonds is 10. The Morgan fingerprint density at radius 2 is 1.72 bits per heavy atom. The van der Waals surface area contributed by atoms with Crippen LogP contribution in [0.15, 0.2) is 48.5 Å². The normalized spacial score (nSPS) is 10.2. The predicted octanol–water partition coefficient (Wildman–Crippen LogP) is 3.25. The van der Waals surface area contributed by atoms with Crippen LogP contribution < -0.4 is 20.1 Å². The molecule has 5 heteroatoms. The van der Waals surface area contributed by atoms with Gasteiger partial charge in [0.15, 0.2) is 11.5 Å². The highest BCUT2D eigenvalue weighted by Crippen LogP contribution is 2.29. The topological polar surface area (TPSA) is 59.6 Å². The van der Waals surface area contributed by atoms with Gasteiger partial charge in [0.25, 0.3) is 0 Å². The van der Waals surface area contributed by atoms with E-state index in [2.05, 4.69) is 22.8 Å². The van der Waals surface area contributed by atoms with Crippen LogP contribution in [0.1, 0.15) is 18.4 Å². The molecule has 0 saturated carbocycles. The number of anilines is 1. The molecule has 5 nitrogen and oxygen atoms in total. The van der Waals surface area contributed by atoms with Crippen LogP contribution in [0.2, 0.25) is 0 Å². The van der Waals surface area contributed by atoms with Crippen molar-refractivity contribution in [2.75, 3.05) is 32.6 Å². The van der Waals surface area contributed by atoms with E-state index in [0.29, 0.717) is 31.0 Å². The molecule has 0 radical (unpaired) electrons. The standard InChI is InChI=1S/C20H26N2O3/c1-24-18-11-10-17(15-19(18)25-2)21-14-12-20(23)22-13-6-9-16-7-4-3-5-8-16/h3-5,7-8,10-11,15,21H,6,9,12-14H2,1-2H3,(H,22,23). The van der Waals surface area contributed by atoms with Crippen LogP contribution in [0.3, 0.4) is 0 Å². The van der Waals surface area contributed by atoms with Crippen LogP contribution in [0, 0.1) is 0 Å². The molecule has 0 heterocycles. The number of hydrogen-bond donors (Lipinski definition) is 2. The molecule has 0 unspecified atom stereocenters. The van der Waals surface area contributed by atoms with Gasteiger partial charge in [-0.2, -0.15) is 0 Å². The first-order valence-corrected chi connectivity index (χ1v) is 8.49. The summed E-state index contributed by atoms with van der Waals surface area (Å²) in [4.78, 5) is 11.9. The minimum absolute atomic E-state index is 0.0565. The summed E-state index contributed by atoms with van der Waals surface area (Å²) in [5.41, 5.74) is 2.20. The minimum atomic E-state index is 0.0565. The second-order valence-corrected chi connectivity index (χ2v) is 5.69. The van der Waals surface area contributed by atoms with Crippen LogP contribution in [0.4, 0.5) is 5.69 Å². The second-order valence-electron chi connectivity index (χ2n) is 5.69. The molecule has 0 saturated heterocycles. The summed E-state index contributed by atoms with van der Waals surface area (Å²) in [6.45, 7) is 1.27. The first-order valence-electron chi connectivity index (χ1n) is 8.49. The summed E-state index contributed by atoms with van der Waals surface area (Å²) in [5.74, 6) is 1.41. The number of aryl methyl sites for hydroxylation is 1. The largest absolute Gasteiger partial charge is 0.493 e. The Hall–Kier alpha value is -2.69. The third-order valence-electron chi connectivity index (χ3n) is 3.87. The van der Waals surface area contributed by atoms with Gasteiger partial charge in [0.1, 0.15) is 0 Å². The van der Waals surface area contributed by atoms with E-state index < -0.39 is 0 Å². The number of hydrogen-bond acceptors (Lipinski definition) is 4. The Labute approximate surface area is 149 Å².